The normalized spacial score (nSPS) is 18.0. The molecule has 1 aliphatic rings. The van der Waals surface area contributed by atoms with Gasteiger partial charge >= 0.3 is 0 Å². The van der Waals surface area contributed by atoms with Gasteiger partial charge in [-0.1, -0.05) is 6.07 Å². The summed E-state index contributed by atoms with van der Waals surface area (Å²) in [5, 5.41) is 1.22. The van der Waals surface area contributed by atoms with Gasteiger partial charge in [-0.15, -0.1) is 0 Å². The molecule has 2 aromatic rings. The summed E-state index contributed by atoms with van der Waals surface area (Å²) in [7, 11) is 0. The van der Waals surface area contributed by atoms with Crippen molar-refractivity contribution in [3.05, 3.63) is 36.0 Å². The van der Waals surface area contributed by atoms with E-state index in [0.29, 0.717) is 0 Å². The highest BCUT2D eigenvalue weighted by Crippen LogP contribution is 2.18. The Kier molecular flexibility index (Phi) is 1.74. The Morgan fingerprint density at radius 2 is 1.86 bits per heavy atom. The average Bonchev–Trinajstić information content (AvgIpc) is 2.88. The molecule has 1 aliphatic heterocycles. The van der Waals surface area contributed by atoms with E-state index in [1.807, 2.05) is 6.20 Å². The number of hydrazine groups is 3. The molecule has 0 unspecified atom stereocenters. The van der Waals surface area contributed by atoms with Gasteiger partial charge in [-0.3, -0.25) is 0 Å². The fourth-order valence-electron chi connectivity index (χ4n) is 1.67. The number of fused-ring (bicyclic) bond motifs is 1. The van der Waals surface area contributed by atoms with Gasteiger partial charge < -0.3 is 4.98 Å². The van der Waals surface area contributed by atoms with Crippen LogP contribution >= 0.6 is 0 Å². The Morgan fingerprint density at radius 3 is 2.71 bits per heavy atom. The van der Waals surface area contributed by atoms with Crippen molar-refractivity contribution in [2.24, 2.45) is 0 Å². The van der Waals surface area contributed by atoms with Gasteiger partial charge in [0.25, 0.3) is 0 Å². The van der Waals surface area contributed by atoms with E-state index in [-0.39, 0.29) is 6.17 Å². The van der Waals surface area contributed by atoms with Crippen LogP contribution in [0.4, 0.5) is 0 Å². The highest BCUT2D eigenvalue weighted by molar-refractivity contribution is 5.80. The molecule has 0 amide bonds. The lowest BCUT2D eigenvalue weighted by atomic mass is 10.1. The van der Waals surface area contributed by atoms with Crippen LogP contribution in [0.25, 0.3) is 10.9 Å². The number of rotatable bonds is 1. The average molecular weight is 189 g/mol. The molecular formula is C9H11N5. The fourth-order valence-corrected chi connectivity index (χ4v) is 1.67. The molecule has 0 atom stereocenters. The molecule has 72 valence electrons. The second-order valence-electron chi connectivity index (χ2n) is 3.30. The van der Waals surface area contributed by atoms with E-state index in [9.17, 15) is 0 Å². The maximum absolute atomic E-state index is 3.17. The van der Waals surface area contributed by atoms with Gasteiger partial charge in [0.15, 0.2) is 0 Å². The molecule has 0 spiro atoms. The van der Waals surface area contributed by atoms with Gasteiger partial charge in [-0.05, 0) is 29.1 Å². The summed E-state index contributed by atoms with van der Waals surface area (Å²) in [6, 6.07) is 8.37. The molecule has 0 aliphatic carbocycles. The maximum atomic E-state index is 3.17. The highest BCUT2D eigenvalue weighted by atomic mass is 15.8. The minimum absolute atomic E-state index is 0.106. The van der Waals surface area contributed by atoms with Crippen molar-refractivity contribution < 1.29 is 0 Å². The second kappa shape index (κ2) is 3.07. The Labute approximate surface area is 80.8 Å². The van der Waals surface area contributed by atoms with Crippen LogP contribution < -0.4 is 21.9 Å². The topological polar surface area (TPSA) is 63.9 Å². The van der Waals surface area contributed by atoms with Crippen molar-refractivity contribution in [3.63, 3.8) is 0 Å². The van der Waals surface area contributed by atoms with E-state index in [1.54, 1.807) is 0 Å². The summed E-state index contributed by atoms with van der Waals surface area (Å²) in [5.41, 5.74) is 14.0. The number of hydrogen-bond acceptors (Lipinski definition) is 4. The molecule has 0 radical (unpaired) electrons. The summed E-state index contributed by atoms with van der Waals surface area (Å²) in [4.78, 5) is 3.17. The molecule has 1 fully saturated rings. The Balaban J connectivity index is 2.04. The van der Waals surface area contributed by atoms with Crippen LogP contribution in [-0.4, -0.2) is 4.98 Å². The third-order valence-corrected chi connectivity index (χ3v) is 2.41. The lowest BCUT2D eigenvalue weighted by Crippen LogP contribution is -2.33. The molecule has 5 N–H and O–H groups in total. The number of hydrogen-bond donors (Lipinski definition) is 5. The number of nitrogens with one attached hydrogen (secondary N) is 5. The first kappa shape index (κ1) is 7.95. The predicted octanol–water partition coefficient (Wildman–Crippen LogP) is 0.283. The van der Waals surface area contributed by atoms with Crippen molar-refractivity contribution in [1.82, 2.24) is 26.9 Å². The standard InChI is InChI=1S/C9H11N5/c1-2-8-6(3-4-10-8)5-7(1)9-11-13-14-12-9/h1-5,9-14H. The smallest absolute Gasteiger partial charge is 0.111 e. The zero-order valence-corrected chi connectivity index (χ0v) is 7.46. The first-order valence-corrected chi connectivity index (χ1v) is 4.51. The van der Waals surface area contributed by atoms with Gasteiger partial charge in [0.1, 0.15) is 6.17 Å². The van der Waals surface area contributed by atoms with E-state index < -0.39 is 0 Å². The van der Waals surface area contributed by atoms with Crippen LogP contribution in [-0.2, 0) is 0 Å². The summed E-state index contributed by atoms with van der Waals surface area (Å²) in [6.07, 6.45) is 2.05. The fraction of sp³-hybridized carbons (Fsp3) is 0.111. The minimum Gasteiger partial charge on any atom is -0.361 e. The first-order chi connectivity index (χ1) is 6.93. The van der Waals surface area contributed by atoms with Crippen LogP contribution in [0.5, 0.6) is 0 Å². The van der Waals surface area contributed by atoms with E-state index in [4.69, 9.17) is 0 Å². The summed E-state index contributed by atoms with van der Waals surface area (Å²) in [6.45, 7) is 0. The van der Waals surface area contributed by atoms with Gasteiger partial charge in [0.2, 0.25) is 0 Å². The molecule has 1 aromatic heterocycles. The quantitative estimate of drug-likeness (QED) is 0.447. The Bertz CT molecular complexity index is 443. The van der Waals surface area contributed by atoms with Gasteiger partial charge in [-0.25, -0.2) is 10.9 Å². The van der Waals surface area contributed by atoms with Gasteiger partial charge in [0, 0.05) is 11.7 Å². The largest absolute Gasteiger partial charge is 0.361 e. The van der Waals surface area contributed by atoms with E-state index in [1.165, 1.54) is 10.9 Å². The Hall–Kier alpha value is -1.40. The molecular weight excluding hydrogens is 178 g/mol. The number of aromatic nitrogens is 1. The minimum atomic E-state index is 0.106. The molecule has 5 heteroatoms. The lowest BCUT2D eigenvalue weighted by molar-refractivity contribution is 0.555. The molecule has 14 heavy (non-hydrogen) atoms. The van der Waals surface area contributed by atoms with Crippen LogP contribution in [0.1, 0.15) is 11.7 Å². The van der Waals surface area contributed by atoms with Crippen LogP contribution in [0.3, 0.4) is 0 Å². The first-order valence-electron chi connectivity index (χ1n) is 4.51. The number of benzene rings is 1. The SMILES string of the molecule is c1cc2cc(C3NNNN3)ccc2[nH]1. The van der Waals surface area contributed by atoms with Crippen molar-refractivity contribution >= 4 is 10.9 Å². The molecule has 2 heterocycles. The van der Waals surface area contributed by atoms with Crippen molar-refractivity contribution in [3.8, 4) is 0 Å². The molecule has 3 rings (SSSR count). The van der Waals surface area contributed by atoms with Gasteiger partial charge in [-0.2, -0.15) is 11.1 Å². The number of H-pyrrole nitrogens is 1. The van der Waals surface area contributed by atoms with Crippen molar-refractivity contribution in [1.29, 1.82) is 0 Å². The summed E-state index contributed by atoms with van der Waals surface area (Å²) >= 11 is 0. The third kappa shape index (κ3) is 1.19. The van der Waals surface area contributed by atoms with Gasteiger partial charge in [0.05, 0.1) is 0 Å². The van der Waals surface area contributed by atoms with Crippen molar-refractivity contribution in [2.75, 3.05) is 0 Å². The molecule has 5 nitrogen and oxygen atoms in total. The zero-order chi connectivity index (χ0) is 9.38. The van der Waals surface area contributed by atoms with Crippen molar-refractivity contribution in [2.45, 2.75) is 6.17 Å². The molecule has 0 saturated carbocycles. The zero-order valence-electron chi connectivity index (χ0n) is 7.46. The molecule has 1 saturated heterocycles. The lowest BCUT2D eigenvalue weighted by Gasteiger charge is -2.08. The van der Waals surface area contributed by atoms with E-state index in [0.717, 1.165) is 5.52 Å². The monoisotopic (exact) mass is 189 g/mol. The third-order valence-electron chi connectivity index (χ3n) is 2.41. The van der Waals surface area contributed by atoms with E-state index in [2.05, 4.69) is 51.2 Å². The molecule has 0 bridgehead atoms. The van der Waals surface area contributed by atoms with Crippen LogP contribution in [0.15, 0.2) is 30.5 Å². The highest BCUT2D eigenvalue weighted by Gasteiger charge is 2.14. The number of aromatic amines is 1. The van der Waals surface area contributed by atoms with Crippen LogP contribution in [0.2, 0.25) is 0 Å². The Morgan fingerprint density at radius 1 is 1.00 bits per heavy atom. The second-order valence-corrected chi connectivity index (χ2v) is 3.30. The molecule has 1 aromatic carbocycles. The van der Waals surface area contributed by atoms with Crippen LogP contribution in [0, 0.1) is 0 Å². The maximum Gasteiger partial charge on any atom is 0.111 e. The summed E-state index contributed by atoms with van der Waals surface area (Å²) in [5.74, 6) is 0. The predicted molar refractivity (Wildman–Crippen MR) is 53.6 cm³/mol. The summed E-state index contributed by atoms with van der Waals surface area (Å²) < 4.78 is 0. The van der Waals surface area contributed by atoms with E-state index >= 15 is 0 Å².